The third-order valence-corrected chi connectivity index (χ3v) is 5.42. The normalized spacial score (nSPS) is 10.3. The van der Waals surface area contributed by atoms with Crippen molar-refractivity contribution in [1.29, 1.82) is 0 Å². The molecule has 1 rings (SSSR count). The monoisotopic (exact) mass is 380 g/mol. The lowest BCUT2D eigenvalue weighted by molar-refractivity contribution is 0.305. The van der Waals surface area contributed by atoms with Crippen LogP contribution in [0.1, 0.15) is 110 Å². The van der Waals surface area contributed by atoms with Crippen molar-refractivity contribution in [1.82, 2.24) is 0 Å². The van der Waals surface area contributed by atoms with Crippen molar-refractivity contribution in [3.8, 4) is 5.75 Å². The highest BCUT2D eigenvalue weighted by Gasteiger charge is 1.96. The molecule has 0 aliphatic carbocycles. The Morgan fingerprint density at radius 1 is 0.692 bits per heavy atom. The summed E-state index contributed by atoms with van der Waals surface area (Å²) in [5.41, 5.74) is 0. The molecule has 0 bridgehead atoms. The van der Waals surface area contributed by atoms with Gasteiger partial charge in [-0.05, 0) is 17.9 Å². The van der Waals surface area contributed by atoms with E-state index >= 15 is 0 Å². The molecule has 1 heterocycles. The molecule has 26 heavy (non-hydrogen) atoms. The quantitative estimate of drug-likeness (QED) is 0.182. The van der Waals surface area contributed by atoms with E-state index in [1.807, 2.05) is 0 Å². The van der Waals surface area contributed by atoms with Gasteiger partial charge in [0.05, 0.1) is 6.61 Å². The van der Waals surface area contributed by atoms with Crippen molar-refractivity contribution in [2.45, 2.75) is 110 Å². The van der Waals surface area contributed by atoms with Crippen molar-refractivity contribution in [2.24, 2.45) is 0 Å². The summed E-state index contributed by atoms with van der Waals surface area (Å²) < 4.78 is 5.68. The van der Waals surface area contributed by atoms with E-state index in [1.165, 1.54) is 103 Å². The predicted molar refractivity (Wildman–Crippen MR) is 121 cm³/mol. The van der Waals surface area contributed by atoms with Gasteiger partial charge < -0.3 is 4.74 Å². The molecule has 2 heteroatoms. The maximum atomic E-state index is 5.68. The standard InChI is InChI=1S/C22H40OS.C2H4/c1-2-3-4-5-6-7-8-9-10-11-12-13-14-15-16-17-19-23-22-18-20-24-21-22;1-2/h18,20-21H,2-17,19H2,1H3;1-2H2. The van der Waals surface area contributed by atoms with Gasteiger partial charge in [-0.3, -0.25) is 0 Å². The topological polar surface area (TPSA) is 9.23 Å². The average molecular weight is 381 g/mol. The van der Waals surface area contributed by atoms with E-state index in [4.69, 9.17) is 4.74 Å². The van der Waals surface area contributed by atoms with E-state index in [1.54, 1.807) is 11.3 Å². The molecule has 0 radical (unpaired) electrons. The van der Waals surface area contributed by atoms with Crippen LogP contribution in [0.25, 0.3) is 0 Å². The minimum absolute atomic E-state index is 0.884. The number of hydrogen-bond donors (Lipinski definition) is 0. The van der Waals surface area contributed by atoms with Gasteiger partial charge in [-0.15, -0.1) is 24.5 Å². The molecule has 0 aromatic carbocycles. The summed E-state index contributed by atoms with van der Waals surface area (Å²) in [7, 11) is 0. The first kappa shape index (κ1) is 25.2. The van der Waals surface area contributed by atoms with Gasteiger partial charge in [-0.1, -0.05) is 103 Å². The zero-order valence-electron chi connectivity index (χ0n) is 17.5. The first-order valence-electron chi connectivity index (χ1n) is 11.1. The van der Waals surface area contributed by atoms with Gasteiger partial charge in [-0.2, -0.15) is 0 Å². The van der Waals surface area contributed by atoms with E-state index in [-0.39, 0.29) is 0 Å². The summed E-state index contributed by atoms with van der Waals surface area (Å²) in [6.45, 7) is 9.18. The Hall–Kier alpha value is -0.760. The van der Waals surface area contributed by atoms with Crippen LogP contribution in [0.5, 0.6) is 5.75 Å². The van der Waals surface area contributed by atoms with E-state index in [0.717, 1.165) is 12.4 Å². The fourth-order valence-electron chi connectivity index (χ4n) is 3.17. The molecule has 152 valence electrons. The van der Waals surface area contributed by atoms with Crippen LogP contribution < -0.4 is 4.74 Å². The van der Waals surface area contributed by atoms with E-state index in [2.05, 4.69) is 36.9 Å². The second kappa shape index (κ2) is 22.3. The van der Waals surface area contributed by atoms with Crippen molar-refractivity contribution in [3.05, 3.63) is 30.0 Å². The first-order chi connectivity index (χ1) is 12.9. The number of ether oxygens (including phenoxy) is 1. The molecular formula is C24H44OS. The Balaban J connectivity index is 0.00000301. The highest BCUT2D eigenvalue weighted by molar-refractivity contribution is 7.08. The zero-order valence-corrected chi connectivity index (χ0v) is 18.3. The Morgan fingerprint density at radius 3 is 1.50 bits per heavy atom. The lowest BCUT2D eigenvalue weighted by atomic mass is 10.0. The zero-order chi connectivity index (χ0) is 19.1. The van der Waals surface area contributed by atoms with Gasteiger partial charge in [0, 0.05) is 5.38 Å². The summed E-state index contributed by atoms with van der Waals surface area (Å²) in [4.78, 5) is 0. The second-order valence-corrected chi connectivity index (χ2v) is 7.89. The Labute approximate surface area is 168 Å². The molecule has 0 N–H and O–H groups in total. The maximum Gasteiger partial charge on any atom is 0.129 e. The predicted octanol–water partition coefficient (Wildman–Crippen LogP) is 9.19. The third-order valence-electron chi connectivity index (χ3n) is 4.76. The Kier molecular flexibility index (Phi) is 21.6. The van der Waals surface area contributed by atoms with Crippen molar-refractivity contribution in [2.75, 3.05) is 6.61 Å². The highest BCUT2D eigenvalue weighted by Crippen LogP contribution is 2.16. The lowest BCUT2D eigenvalue weighted by Crippen LogP contribution is -1.95. The van der Waals surface area contributed by atoms with Crippen LogP contribution in [0.2, 0.25) is 0 Å². The van der Waals surface area contributed by atoms with E-state index in [9.17, 15) is 0 Å². The van der Waals surface area contributed by atoms with Crippen LogP contribution in [0.15, 0.2) is 30.0 Å². The highest BCUT2D eigenvalue weighted by atomic mass is 32.1. The number of unbranched alkanes of at least 4 members (excludes halogenated alkanes) is 15. The maximum absolute atomic E-state index is 5.68. The molecule has 0 aliphatic heterocycles. The molecule has 0 unspecified atom stereocenters. The van der Waals surface area contributed by atoms with Gasteiger partial charge in [0.1, 0.15) is 5.75 Å². The van der Waals surface area contributed by atoms with Gasteiger partial charge in [-0.25, -0.2) is 0 Å². The molecule has 1 aromatic heterocycles. The van der Waals surface area contributed by atoms with Gasteiger partial charge in [0.15, 0.2) is 0 Å². The molecule has 0 saturated heterocycles. The van der Waals surface area contributed by atoms with E-state index in [0.29, 0.717) is 0 Å². The van der Waals surface area contributed by atoms with Crippen molar-refractivity contribution < 1.29 is 4.74 Å². The van der Waals surface area contributed by atoms with E-state index < -0.39 is 0 Å². The number of rotatable bonds is 18. The second-order valence-electron chi connectivity index (χ2n) is 7.11. The molecular weight excluding hydrogens is 336 g/mol. The van der Waals surface area contributed by atoms with Crippen LogP contribution in [-0.4, -0.2) is 6.61 Å². The van der Waals surface area contributed by atoms with Crippen LogP contribution >= 0.6 is 11.3 Å². The van der Waals surface area contributed by atoms with Crippen LogP contribution in [0.4, 0.5) is 0 Å². The Bertz CT molecular complexity index is 347. The molecule has 0 saturated carbocycles. The number of hydrogen-bond acceptors (Lipinski definition) is 2. The summed E-state index contributed by atoms with van der Waals surface area (Å²) in [5.74, 6) is 1.04. The molecule has 0 aliphatic rings. The van der Waals surface area contributed by atoms with Crippen LogP contribution in [0, 0.1) is 0 Å². The molecule has 0 atom stereocenters. The van der Waals surface area contributed by atoms with Gasteiger partial charge >= 0.3 is 0 Å². The fraction of sp³-hybridized carbons (Fsp3) is 0.750. The lowest BCUT2D eigenvalue weighted by Gasteiger charge is -2.04. The first-order valence-corrected chi connectivity index (χ1v) is 12.0. The largest absolute Gasteiger partial charge is 0.493 e. The summed E-state index contributed by atoms with van der Waals surface area (Å²) in [5, 5.41) is 4.15. The van der Waals surface area contributed by atoms with Crippen molar-refractivity contribution >= 4 is 11.3 Å². The minimum atomic E-state index is 0.884. The molecule has 1 aromatic rings. The summed E-state index contributed by atoms with van der Waals surface area (Å²) in [6, 6.07) is 2.05. The fourth-order valence-corrected chi connectivity index (χ4v) is 3.75. The van der Waals surface area contributed by atoms with Crippen LogP contribution in [0.3, 0.4) is 0 Å². The molecule has 0 spiro atoms. The smallest absolute Gasteiger partial charge is 0.129 e. The van der Waals surface area contributed by atoms with Gasteiger partial charge in [0.25, 0.3) is 0 Å². The molecule has 0 amide bonds. The molecule has 1 nitrogen and oxygen atoms in total. The minimum Gasteiger partial charge on any atom is -0.493 e. The van der Waals surface area contributed by atoms with Crippen molar-refractivity contribution in [3.63, 3.8) is 0 Å². The average Bonchev–Trinajstić information content (AvgIpc) is 3.19. The third kappa shape index (κ3) is 18.0. The summed E-state index contributed by atoms with van der Waals surface area (Å²) in [6.07, 6.45) is 22.7. The molecule has 0 fully saturated rings. The Morgan fingerprint density at radius 2 is 1.12 bits per heavy atom. The SMILES string of the molecule is C=C.CCCCCCCCCCCCCCCCCCOc1ccsc1. The summed E-state index contributed by atoms with van der Waals surface area (Å²) >= 11 is 1.70. The van der Waals surface area contributed by atoms with Crippen LogP contribution in [-0.2, 0) is 0 Å². The number of thiophene rings is 1. The van der Waals surface area contributed by atoms with Gasteiger partial charge in [0.2, 0.25) is 0 Å².